The predicted molar refractivity (Wildman–Crippen MR) is 119 cm³/mol. The Labute approximate surface area is 177 Å². The fourth-order valence-corrected chi connectivity index (χ4v) is 4.70. The molecule has 30 heavy (non-hydrogen) atoms. The molecule has 2 amide bonds. The number of benzene rings is 2. The molecule has 2 aromatic carbocycles. The first-order valence-corrected chi connectivity index (χ1v) is 10.3. The van der Waals surface area contributed by atoms with Crippen LogP contribution in [0.25, 0.3) is 10.1 Å². The van der Waals surface area contributed by atoms with Crippen molar-refractivity contribution in [2.75, 3.05) is 12.4 Å². The Kier molecular flexibility index (Phi) is 4.74. The number of rotatable bonds is 3. The number of hydrogen-bond donors (Lipinski definition) is 3. The SMILES string of the molecule is Cc1c(C(=O)Nc2cccc(C3(C)CC(=O)N(C)C(N)=N3)c2)sc2ccc(O)cc12. The lowest BCUT2D eigenvalue weighted by Gasteiger charge is -2.33. The number of carbonyl (C=O) groups excluding carboxylic acids is 2. The molecule has 0 radical (unpaired) electrons. The number of phenols is 1. The van der Waals surface area contributed by atoms with E-state index in [1.807, 2.05) is 32.0 Å². The average Bonchev–Trinajstić information content (AvgIpc) is 3.02. The smallest absolute Gasteiger partial charge is 0.266 e. The van der Waals surface area contributed by atoms with E-state index in [1.165, 1.54) is 16.2 Å². The van der Waals surface area contributed by atoms with E-state index in [2.05, 4.69) is 10.3 Å². The van der Waals surface area contributed by atoms with E-state index in [1.54, 1.807) is 31.3 Å². The number of guanidine groups is 1. The molecule has 0 aliphatic carbocycles. The molecule has 0 bridgehead atoms. The molecule has 0 fully saturated rings. The minimum absolute atomic E-state index is 0.108. The molecule has 3 aromatic rings. The van der Waals surface area contributed by atoms with Gasteiger partial charge in [0.1, 0.15) is 5.75 Å². The lowest BCUT2D eigenvalue weighted by molar-refractivity contribution is -0.128. The molecule has 4 N–H and O–H groups in total. The number of phenolic OH excluding ortho intramolecular Hbond substituents is 1. The van der Waals surface area contributed by atoms with Crippen molar-refractivity contribution in [3.05, 3.63) is 58.5 Å². The lowest BCUT2D eigenvalue weighted by atomic mass is 9.87. The second-order valence-corrected chi connectivity index (χ2v) is 8.70. The summed E-state index contributed by atoms with van der Waals surface area (Å²) in [5.41, 5.74) is 7.35. The van der Waals surface area contributed by atoms with Gasteiger partial charge < -0.3 is 16.2 Å². The Morgan fingerprint density at radius 2 is 2.07 bits per heavy atom. The topological polar surface area (TPSA) is 108 Å². The van der Waals surface area contributed by atoms with E-state index in [4.69, 9.17) is 5.73 Å². The first kappa shape index (κ1) is 19.9. The normalized spacial score (nSPS) is 19.1. The van der Waals surface area contributed by atoms with Gasteiger partial charge in [-0.15, -0.1) is 11.3 Å². The van der Waals surface area contributed by atoms with Crippen molar-refractivity contribution >= 4 is 44.9 Å². The summed E-state index contributed by atoms with van der Waals surface area (Å²) in [5.74, 6) is 0.0118. The zero-order valence-electron chi connectivity index (χ0n) is 16.9. The second kappa shape index (κ2) is 7.14. The fraction of sp³-hybridized carbons (Fsp3) is 0.227. The van der Waals surface area contributed by atoms with Gasteiger partial charge in [-0.1, -0.05) is 12.1 Å². The van der Waals surface area contributed by atoms with Crippen LogP contribution in [0.1, 0.15) is 34.1 Å². The molecule has 1 aliphatic rings. The number of nitrogens with one attached hydrogen (secondary N) is 1. The number of aromatic hydroxyl groups is 1. The zero-order valence-corrected chi connectivity index (χ0v) is 17.7. The average molecular weight is 423 g/mol. The van der Waals surface area contributed by atoms with Crippen molar-refractivity contribution in [1.82, 2.24) is 4.90 Å². The predicted octanol–water partition coefficient (Wildman–Crippen LogP) is 3.56. The highest BCUT2D eigenvalue weighted by molar-refractivity contribution is 7.21. The molecule has 4 rings (SSSR count). The highest BCUT2D eigenvalue weighted by atomic mass is 32.1. The molecule has 154 valence electrons. The van der Waals surface area contributed by atoms with Gasteiger partial charge in [0, 0.05) is 17.4 Å². The first-order valence-electron chi connectivity index (χ1n) is 9.44. The van der Waals surface area contributed by atoms with E-state index in [9.17, 15) is 14.7 Å². The zero-order chi connectivity index (χ0) is 21.6. The van der Waals surface area contributed by atoms with E-state index < -0.39 is 5.54 Å². The lowest BCUT2D eigenvalue weighted by Crippen LogP contribution is -2.47. The van der Waals surface area contributed by atoms with Crippen LogP contribution in [0.5, 0.6) is 5.75 Å². The van der Waals surface area contributed by atoms with Crippen molar-refractivity contribution in [2.45, 2.75) is 25.8 Å². The molecule has 0 saturated heterocycles. The van der Waals surface area contributed by atoms with Gasteiger partial charge in [0.15, 0.2) is 5.96 Å². The first-order chi connectivity index (χ1) is 14.2. The molecule has 7 nitrogen and oxygen atoms in total. The summed E-state index contributed by atoms with van der Waals surface area (Å²) in [6.07, 6.45) is 0.195. The minimum Gasteiger partial charge on any atom is -0.508 e. The maximum absolute atomic E-state index is 12.9. The number of nitrogens with zero attached hydrogens (tertiary/aromatic N) is 2. The van der Waals surface area contributed by atoms with Crippen LogP contribution in [-0.4, -0.2) is 34.8 Å². The Morgan fingerprint density at radius 1 is 1.30 bits per heavy atom. The molecule has 1 aliphatic heterocycles. The summed E-state index contributed by atoms with van der Waals surface area (Å²) >= 11 is 1.38. The number of amides is 2. The number of aliphatic imine (C=N–C) groups is 1. The Balaban J connectivity index is 1.63. The highest BCUT2D eigenvalue weighted by Crippen LogP contribution is 2.35. The minimum atomic E-state index is -0.792. The van der Waals surface area contributed by atoms with Gasteiger partial charge >= 0.3 is 0 Å². The van der Waals surface area contributed by atoms with Crippen molar-refractivity contribution in [1.29, 1.82) is 0 Å². The van der Waals surface area contributed by atoms with Crippen LogP contribution in [-0.2, 0) is 10.3 Å². The Hall–Kier alpha value is -3.39. The van der Waals surface area contributed by atoms with Gasteiger partial charge in [0.25, 0.3) is 5.91 Å². The molecule has 1 atom stereocenters. The van der Waals surface area contributed by atoms with E-state index in [0.29, 0.717) is 10.6 Å². The standard InChI is InChI=1S/C22H22N4O3S/c1-12-16-10-15(27)7-8-17(16)30-19(12)20(29)24-14-6-4-5-13(9-14)22(2)11-18(28)26(3)21(23)25-22/h4-10,27H,11H2,1-3H3,(H2,23,25)(H,24,29). The van der Waals surface area contributed by atoms with Crippen molar-refractivity contribution < 1.29 is 14.7 Å². The number of anilines is 1. The van der Waals surface area contributed by atoms with Gasteiger partial charge in [0.2, 0.25) is 5.91 Å². The van der Waals surface area contributed by atoms with Crippen LogP contribution in [0.4, 0.5) is 5.69 Å². The summed E-state index contributed by atoms with van der Waals surface area (Å²) in [7, 11) is 1.60. The maximum Gasteiger partial charge on any atom is 0.266 e. The van der Waals surface area contributed by atoms with Gasteiger partial charge in [-0.05, 0) is 60.7 Å². The van der Waals surface area contributed by atoms with E-state index in [0.717, 1.165) is 21.2 Å². The molecule has 1 aromatic heterocycles. The monoisotopic (exact) mass is 422 g/mol. The third kappa shape index (κ3) is 3.39. The van der Waals surface area contributed by atoms with Crippen LogP contribution >= 0.6 is 11.3 Å². The number of fused-ring (bicyclic) bond motifs is 1. The van der Waals surface area contributed by atoms with Gasteiger partial charge in [-0.25, -0.2) is 4.99 Å². The van der Waals surface area contributed by atoms with Crippen molar-refractivity contribution in [3.63, 3.8) is 0 Å². The van der Waals surface area contributed by atoms with Crippen LogP contribution in [0.15, 0.2) is 47.5 Å². The van der Waals surface area contributed by atoms with Gasteiger partial charge in [-0.3, -0.25) is 14.5 Å². The molecule has 2 heterocycles. The Morgan fingerprint density at radius 3 is 2.80 bits per heavy atom. The summed E-state index contributed by atoms with van der Waals surface area (Å²) in [6.45, 7) is 3.72. The molecule has 1 unspecified atom stereocenters. The van der Waals surface area contributed by atoms with E-state index in [-0.39, 0.29) is 29.9 Å². The molecule has 8 heteroatoms. The van der Waals surface area contributed by atoms with Crippen LogP contribution < -0.4 is 11.1 Å². The largest absolute Gasteiger partial charge is 0.508 e. The molecular weight excluding hydrogens is 400 g/mol. The molecule has 0 spiro atoms. The number of hydrogen-bond acceptors (Lipinski definition) is 6. The van der Waals surface area contributed by atoms with Gasteiger partial charge in [0.05, 0.1) is 16.8 Å². The van der Waals surface area contributed by atoms with Gasteiger partial charge in [-0.2, -0.15) is 0 Å². The summed E-state index contributed by atoms with van der Waals surface area (Å²) in [6, 6.07) is 12.4. The Bertz CT molecular complexity index is 1220. The second-order valence-electron chi connectivity index (χ2n) is 7.64. The summed E-state index contributed by atoms with van der Waals surface area (Å²) in [4.78, 5) is 31.6. The number of carbonyl (C=O) groups is 2. The number of aryl methyl sites for hydroxylation is 1. The summed E-state index contributed by atoms with van der Waals surface area (Å²) < 4.78 is 0.936. The van der Waals surface area contributed by atoms with Crippen molar-refractivity contribution in [3.8, 4) is 5.75 Å². The highest BCUT2D eigenvalue weighted by Gasteiger charge is 2.36. The quantitative estimate of drug-likeness (QED) is 0.600. The number of nitrogens with two attached hydrogens (primary N) is 1. The number of thiophene rings is 1. The molecule has 0 saturated carbocycles. The van der Waals surface area contributed by atoms with Crippen LogP contribution in [0, 0.1) is 6.92 Å². The summed E-state index contributed by atoms with van der Waals surface area (Å²) in [5, 5.41) is 13.5. The van der Waals surface area contributed by atoms with E-state index >= 15 is 0 Å². The maximum atomic E-state index is 12.9. The van der Waals surface area contributed by atoms with Crippen LogP contribution in [0.3, 0.4) is 0 Å². The van der Waals surface area contributed by atoms with Crippen molar-refractivity contribution in [2.24, 2.45) is 10.7 Å². The third-order valence-corrected chi connectivity index (χ3v) is 6.71. The van der Waals surface area contributed by atoms with Crippen LogP contribution in [0.2, 0.25) is 0 Å². The molecular formula is C22H22N4O3S. The third-order valence-electron chi connectivity index (χ3n) is 5.44. The fourth-order valence-electron chi connectivity index (χ4n) is 3.62.